The fraction of sp³-hybridized carbons (Fsp3) is 0.438. The van der Waals surface area contributed by atoms with E-state index in [0.29, 0.717) is 6.61 Å². The molecular formula is C16H21N3OS. The van der Waals surface area contributed by atoms with E-state index >= 15 is 0 Å². The number of nitrogens with one attached hydrogen (secondary N) is 1. The van der Waals surface area contributed by atoms with E-state index in [2.05, 4.69) is 28.2 Å². The molecule has 0 bridgehead atoms. The minimum atomic E-state index is 0.553. The number of thiazole rings is 1. The third kappa shape index (κ3) is 4.03. The Labute approximate surface area is 129 Å². The molecule has 1 saturated heterocycles. The molecule has 4 nitrogen and oxygen atoms in total. The van der Waals surface area contributed by atoms with Crippen LogP contribution >= 0.6 is 11.3 Å². The fourth-order valence-corrected chi connectivity index (χ4v) is 3.31. The first kappa shape index (κ1) is 14.5. The second-order valence-electron chi connectivity index (χ2n) is 5.30. The summed E-state index contributed by atoms with van der Waals surface area (Å²) in [5.41, 5.74) is 1.16. The van der Waals surface area contributed by atoms with Crippen molar-refractivity contribution in [3.63, 3.8) is 0 Å². The van der Waals surface area contributed by atoms with Crippen molar-refractivity contribution in [1.29, 1.82) is 0 Å². The lowest BCUT2D eigenvalue weighted by atomic mass is 10.2. The fourth-order valence-electron chi connectivity index (χ4n) is 2.44. The number of nitrogens with zero attached hydrogens (tertiary/aromatic N) is 2. The highest BCUT2D eigenvalue weighted by Gasteiger charge is 2.12. The van der Waals surface area contributed by atoms with E-state index in [0.717, 1.165) is 49.0 Å². The van der Waals surface area contributed by atoms with Crippen LogP contribution in [0.3, 0.4) is 0 Å². The zero-order chi connectivity index (χ0) is 14.5. The summed E-state index contributed by atoms with van der Waals surface area (Å²) >= 11 is 1.75. The normalized spacial score (nSPS) is 16.0. The van der Waals surface area contributed by atoms with Gasteiger partial charge in [0.2, 0.25) is 0 Å². The molecule has 112 valence electrons. The minimum Gasteiger partial charge on any atom is -0.486 e. The van der Waals surface area contributed by atoms with Crippen LogP contribution in [0.2, 0.25) is 0 Å². The zero-order valence-electron chi connectivity index (χ0n) is 12.3. The molecule has 0 saturated carbocycles. The number of hydrogen-bond acceptors (Lipinski definition) is 5. The highest BCUT2D eigenvalue weighted by molar-refractivity contribution is 7.11. The summed E-state index contributed by atoms with van der Waals surface area (Å²) in [5.74, 6) is 0.941. The van der Waals surface area contributed by atoms with E-state index in [1.165, 1.54) is 4.88 Å². The SMILES string of the molecule is Cc1ccccc1OCc1ncc(CN2CCNCC2)s1. The molecule has 1 fully saturated rings. The number of aryl methyl sites for hydroxylation is 1. The zero-order valence-corrected chi connectivity index (χ0v) is 13.2. The lowest BCUT2D eigenvalue weighted by molar-refractivity contribution is 0.235. The number of aromatic nitrogens is 1. The summed E-state index contributed by atoms with van der Waals surface area (Å²) in [5, 5.41) is 4.42. The molecule has 1 aromatic carbocycles. The largest absolute Gasteiger partial charge is 0.486 e. The third-order valence-electron chi connectivity index (χ3n) is 3.64. The van der Waals surface area contributed by atoms with Crippen LogP contribution in [-0.2, 0) is 13.2 Å². The molecule has 0 radical (unpaired) electrons. The molecule has 1 aliphatic heterocycles. The van der Waals surface area contributed by atoms with E-state index in [9.17, 15) is 0 Å². The Morgan fingerprint density at radius 3 is 2.90 bits per heavy atom. The summed E-state index contributed by atoms with van der Waals surface area (Å²) < 4.78 is 5.85. The lowest BCUT2D eigenvalue weighted by Crippen LogP contribution is -2.42. The maximum absolute atomic E-state index is 5.85. The standard InChI is InChI=1S/C16H21N3OS/c1-13-4-2-3-5-15(13)20-12-16-18-10-14(21-16)11-19-8-6-17-7-9-19/h2-5,10,17H,6-9,11-12H2,1H3. The molecular weight excluding hydrogens is 282 g/mol. The molecule has 0 spiro atoms. The number of rotatable bonds is 5. The van der Waals surface area contributed by atoms with Gasteiger partial charge in [-0.15, -0.1) is 11.3 Å². The van der Waals surface area contributed by atoms with Crippen LogP contribution in [0.25, 0.3) is 0 Å². The van der Waals surface area contributed by atoms with Crippen molar-refractivity contribution in [2.45, 2.75) is 20.1 Å². The quantitative estimate of drug-likeness (QED) is 0.920. The molecule has 21 heavy (non-hydrogen) atoms. The second-order valence-corrected chi connectivity index (χ2v) is 6.50. The Hall–Kier alpha value is -1.43. The van der Waals surface area contributed by atoms with Gasteiger partial charge in [0.05, 0.1) is 0 Å². The Bertz CT molecular complexity index is 578. The van der Waals surface area contributed by atoms with Gasteiger partial charge in [-0.25, -0.2) is 4.98 Å². The first-order chi connectivity index (χ1) is 10.3. The van der Waals surface area contributed by atoms with E-state index in [1.54, 1.807) is 11.3 Å². The molecule has 0 atom stereocenters. The molecule has 5 heteroatoms. The third-order valence-corrected chi connectivity index (χ3v) is 4.59. The first-order valence-electron chi connectivity index (χ1n) is 7.36. The molecule has 2 heterocycles. The molecule has 0 aliphatic carbocycles. The molecule has 1 N–H and O–H groups in total. The average Bonchev–Trinajstić information content (AvgIpc) is 2.95. The number of piperazine rings is 1. The topological polar surface area (TPSA) is 37.4 Å². The van der Waals surface area contributed by atoms with Crippen LogP contribution in [-0.4, -0.2) is 36.1 Å². The number of benzene rings is 1. The van der Waals surface area contributed by atoms with Gasteiger partial charge >= 0.3 is 0 Å². The van der Waals surface area contributed by atoms with Crippen LogP contribution in [0, 0.1) is 6.92 Å². The van der Waals surface area contributed by atoms with Crippen LogP contribution in [0.15, 0.2) is 30.5 Å². The Kier molecular flexibility index (Phi) is 4.85. The van der Waals surface area contributed by atoms with Crippen LogP contribution in [0.5, 0.6) is 5.75 Å². The number of ether oxygens (including phenoxy) is 1. The maximum Gasteiger partial charge on any atom is 0.140 e. The summed E-state index contributed by atoms with van der Waals surface area (Å²) in [4.78, 5) is 8.27. The molecule has 1 aliphatic rings. The summed E-state index contributed by atoms with van der Waals surface area (Å²) in [6.45, 7) is 8.03. The van der Waals surface area contributed by atoms with Gasteiger partial charge in [0.25, 0.3) is 0 Å². The average molecular weight is 303 g/mol. The van der Waals surface area contributed by atoms with Crippen molar-refractivity contribution in [2.24, 2.45) is 0 Å². The van der Waals surface area contributed by atoms with E-state index in [-0.39, 0.29) is 0 Å². The summed E-state index contributed by atoms with van der Waals surface area (Å²) in [6.07, 6.45) is 1.99. The summed E-state index contributed by atoms with van der Waals surface area (Å²) in [6, 6.07) is 8.09. The molecule has 0 amide bonds. The predicted octanol–water partition coefficient (Wildman–Crippen LogP) is 2.44. The van der Waals surface area contributed by atoms with Crippen LogP contribution in [0.4, 0.5) is 0 Å². The lowest BCUT2D eigenvalue weighted by Gasteiger charge is -2.26. The van der Waals surface area contributed by atoms with Gasteiger partial charge in [0, 0.05) is 43.8 Å². The van der Waals surface area contributed by atoms with E-state index < -0.39 is 0 Å². The number of hydrogen-bond donors (Lipinski definition) is 1. The van der Waals surface area contributed by atoms with Gasteiger partial charge in [-0.3, -0.25) is 4.90 Å². The van der Waals surface area contributed by atoms with Crippen molar-refractivity contribution >= 4 is 11.3 Å². The monoisotopic (exact) mass is 303 g/mol. The van der Waals surface area contributed by atoms with Gasteiger partial charge in [-0.1, -0.05) is 18.2 Å². The first-order valence-corrected chi connectivity index (χ1v) is 8.18. The highest BCUT2D eigenvalue weighted by atomic mass is 32.1. The number of para-hydroxylation sites is 1. The predicted molar refractivity (Wildman–Crippen MR) is 85.8 cm³/mol. The van der Waals surface area contributed by atoms with E-state index in [1.807, 2.05) is 24.4 Å². The van der Waals surface area contributed by atoms with Crippen LogP contribution in [0.1, 0.15) is 15.4 Å². The smallest absolute Gasteiger partial charge is 0.140 e. The minimum absolute atomic E-state index is 0.553. The van der Waals surface area contributed by atoms with Crippen molar-refractivity contribution in [3.05, 3.63) is 45.9 Å². The van der Waals surface area contributed by atoms with Crippen molar-refractivity contribution in [1.82, 2.24) is 15.2 Å². The Balaban J connectivity index is 1.54. The summed E-state index contributed by atoms with van der Waals surface area (Å²) in [7, 11) is 0. The molecule has 0 unspecified atom stereocenters. The van der Waals surface area contributed by atoms with Gasteiger partial charge in [0.15, 0.2) is 0 Å². The van der Waals surface area contributed by atoms with Gasteiger partial charge < -0.3 is 10.1 Å². The van der Waals surface area contributed by atoms with Crippen molar-refractivity contribution < 1.29 is 4.74 Å². The van der Waals surface area contributed by atoms with Crippen molar-refractivity contribution in [3.8, 4) is 5.75 Å². The van der Waals surface area contributed by atoms with Crippen LogP contribution < -0.4 is 10.1 Å². The van der Waals surface area contributed by atoms with Gasteiger partial charge in [-0.05, 0) is 18.6 Å². The maximum atomic E-state index is 5.85. The molecule has 1 aromatic heterocycles. The van der Waals surface area contributed by atoms with Gasteiger partial charge in [0.1, 0.15) is 17.4 Å². The van der Waals surface area contributed by atoms with Crippen molar-refractivity contribution in [2.75, 3.05) is 26.2 Å². The highest BCUT2D eigenvalue weighted by Crippen LogP contribution is 2.20. The van der Waals surface area contributed by atoms with Gasteiger partial charge in [-0.2, -0.15) is 0 Å². The Morgan fingerprint density at radius 1 is 1.29 bits per heavy atom. The van der Waals surface area contributed by atoms with E-state index in [4.69, 9.17) is 4.74 Å². The molecule has 2 aromatic rings. The Morgan fingerprint density at radius 2 is 2.10 bits per heavy atom. The molecule has 3 rings (SSSR count). The second kappa shape index (κ2) is 7.02.